The van der Waals surface area contributed by atoms with Crippen LogP contribution in [-0.2, 0) is 19.1 Å². The second-order valence-corrected chi connectivity index (χ2v) is 7.08. The summed E-state index contributed by atoms with van der Waals surface area (Å²) in [5.74, 6) is -0.896. The topological polar surface area (TPSA) is 109 Å². The highest BCUT2D eigenvalue weighted by atomic mass is 32.2. The Morgan fingerprint density at radius 3 is 2.36 bits per heavy atom. The van der Waals surface area contributed by atoms with E-state index in [2.05, 4.69) is 10.1 Å². The molecule has 0 aliphatic carbocycles. The van der Waals surface area contributed by atoms with Crippen LogP contribution in [0.3, 0.4) is 0 Å². The summed E-state index contributed by atoms with van der Waals surface area (Å²) in [5.41, 5.74) is 1.19. The fourth-order valence-electron chi connectivity index (χ4n) is 2.78. The zero-order valence-electron chi connectivity index (χ0n) is 16.0. The molecule has 1 aromatic rings. The molecule has 1 saturated heterocycles. The molecular weight excluding hydrogens is 382 g/mol. The first-order chi connectivity index (χ1) is 13.4. The molecule has 1 heterocycles. The van der Waals surface area contributed by atoms with Crippen LogP contribution in [0.5, 0.6) is 0 Å². The minimum absolute atomic E-state index is 0.0729. The summed E-state index contributed by atoms with van der Waals surface area (Å²) in [6, 6.07) is 6.72. The van der Waals surface area contributed by atoms with Gasteiger partial charge in [0.15, 0.2) is 0 Å². The predicted molar refractivity (Wildman–Crippen MR) is 107 cm³/mol. The molecule has 2 amide bonds. The number of nitrogens with one attached hydrogen (secondary N) is 2. The van der Waals surface area contributed by atoms with Crippen molar-refractivity contribution in [2.75, 3.05) is 39.6 Å². The third-order valence-electron chi connectivity index (χ3n) is 4.47. The van der Waals surface area contributed by atoms with Crippen LogP contribution in [0.2, 0.25) is 0 Å². The Morgan fingerprint density at radius 1 is 1.18 bits per heavy atom. The van der Waals surface area contributed by atoms with Gasteiger partial charge >= 0.3 is 5.97 Å². The average molecular weight is 407 g/mol. The van der Waals surface area contributed by atoms with Gasteiger partial charge in [-0.05, 0) is 31.2 Å². The zero-order valence-corrected chi connectivity index (χ0v) is 16.8. The van der Waals surface area contributed by atoms with Gasteiger partial charge in [-0.2, -0.15) is 0 Å². The van der Waals surface area contributed by atoms with E-state index in [0.29, 0.717) is 36.5 Å². The van der Waals surface area contributed by atoms with Crippen molar-refractivity contribution in [1.82, 2.24) is 10.2 Å². The molecule has 28 heavy (non-hydrogen) atoms. The number of amides is 2. The number of hydrogen-bond acceptors (Lipinski definition) is 7. The van der Waals surface area contributed by atoms with E-state index in [1.54, 1.807) is 29.2 Å². The lowest BCUT2D eigenvalue weighted by Crippen LogP contribution is -2.45. The molecule has 9 heteroatoms. The maximum absolute atomic E-state index is 12.3. The third-order valence-corrected chi connectivity index (χ3v) is 5.12. The van der Waals surface area contributed by atoms with Crippen molar-refractivity contribution in [2.24, 2.45) is 0 Å². The van der Waals surface area contributed by atoms with Gasteiger partial charge in [-0.25, -0.2) is 4.79 Å². The molecule has 1 aliphatic rings. The molecule has 0 bridgehead atoms. The van der Waals surface area contributed by atoms with Crippen LogP contribution in [0.1, 0.15) is 28.8 Å². The van der Waals surface area contributed by atoms with Crippen molar-refractivity contribution in [3.63, 3.8) is 0 Å². The normalized spacial score (nSPS) is 14.4. The number of esters is 1. The fourth-order valence-corrected chi connectivity index (χ4v) is 3.15. The molecule has 1 aliphatic heterocycles. The Hall–Kier alpha value is -2.39. The maximum atomic E-state index is 12.3. The number of likely N-dealkylation sites (tertiary alicyclic amines) is 1. The van der Waals surface area contributed by atoms with E-state index in [4.69, 9.17) is 10.1 Å². The van der Waals surface area contributed by atoms with E-state index >= 15 is 0 Å². The molecule has 1 fully saturated rings. The van der Waals surface area contributed by atoms with Crippen LogP contribution in [-0.4, -0.2) is 73.4 Å². The quantitative estimate of drug-likeness (QED) is 0.400. The van der Waals surface area contributed by atoms with Crippen LogP contribution < -0.4 is 5.32 Å². The average Bonchev–Trinajstić information content (AvgIpc) is 2.75. The Morgan fingerprint density at radius 2 is 1.79 bits per heavy atom. The van der Waals surface area contributed by atoms with Gasteiger partial charge in [-0.15, -0.1) is 11.8 Å². The molecule has 0 aromatic heterocycles. The highest BCUT2D eigenvalue weighted by molar-refractivity contribution is 8.13. The third kappa shape index (κ3) is 6.35. The van der Waals surface area contributed by atoms with Gasteiger partial charge in [-0.1, -0.05) is 12.1 Å². The number of carbonyl (C=O) groups is 3. The van der Waals surface area contributed by atoms with Gasteiger partial charge in [0.05, 0.1) is 24.8 Å². The zero-order chi connectivity index (χ0) is 20.5. The van der Waals surface area contributed by atoms with Crippen LogP contribution >= 0.6 is 11.8 Å². The van der Waals surface area contributed by atoms with Crippen LogP contribution in [0.4, 0.5) is 0 Å². The first kappa shape index (κ1) is 21.9. The number of ether oxygens (including phenoxy) is 2. The standard InChI is InChI=1S/C19H25N3O5S/c1-26-17(24)12-27-15-7-9-22(10-8-15)16(23)11-21-19(25)14-5-3-13(4-6-14)18(20)28-2/h3-6,15,20H,7-12H2,1-2H3,(H,21,25). The van der Waals surface area contributed by atoms with Crippen molar-refractivity contribution in [3.8, 4) is 0 Å². The molecule has 2 N–H and O–H groups in total. The number of methoxy groups -OCH3 is 1. The van der Waals surface area contributed by atoms with Gasteiger partial charge in [0.1, 0.15) is 6.61 Å². The predicted octanol–water partition coefficient (Wildman–Crippen LogP) is 1.29. The van der Waals surface area contributed by atoms with Gasteiger partial charge in [0.2, 0.25) is 5.91 Å². The first-order valence-electron chi connectivity index (χ1n) is 8.92. The number of hydrogen-bond donors (Lipinski definition) is 2. The van der Waals surface area contributed by atoms with Crippen LogP contribution in [0.15, 0.2) is 24.3 Å². The largest absolute Gasteiger partial charge is 0.467 e. The van der Waals surface area contributed by atoms with Crippen LogP contribution in [0.25, 0.3) is 0 Å². The van der Waals surface area contributed by atoms with Crippen molar-refractivity contribution in [1.29, 1.82) is 5.41 Å². The number of thioether (sulfide) groups is 1. The molecule has 0 atom stereocenters. The Balaban J connectivity index is 1.74. The highest BCUT2D eigenvalue weighted by Crippen LogP contribution is 2.14. The maximum Gasteiger partial charge on any atom is 0.331 e. The van der Waals surface area contributed by atoms with E-state index in [-0.39, 0.29) is 31.1 Å². The molecule has 0 spiro atoms. The van der Waals surface area contributed by atoms with E-state index in [1.165, 1.54) is 18.9 Å². The van der Waals surface area contributed by atoms with Crippen molar-refractivity contribution < 1.29 is 23.9 Å². The SMILES string of the molecule is COC(=O)COC1CCN(C(=O)CNC(=O)c2ccc(C(=N)SC)cc2)CC1. The Bertz CT molecular complexity index is 715. The number of benzene rings is 1. The summed E-state index contributed by atoms with van der Waals surface area (Å²) in [7, 11) is 1.31. The number of rotatable bonds is 7. The van der Waals surface area contributed by atoms with Crippen molar-refractivity contribution in [2.45, 2.75) is 18.9 Å². The summed E-state index contributed by atoms with van der Waals surface area (Å²) >= 11 is 1.33. The second-order valence-electron chi connectivity index (χ2n) is 6.26. The smallest absolute Gasteiger partial charge is 0.331 e. The lowest BCUT2D eigenvalue weighted by Gasteiger charge is -2.31. The van der Waals surface area contributed by atoms with E-state index in [9.17, 15) is 14.4 Å². The number of nitrogens with zero attached hydrogens (tertiary/aromatic N) is 1. The van der Waals surface area contributed by atoms with Gasteiger partial charge in [-0.3, -0.25) is 15.0 Å². The molecular formula is C19H25N3O5S. The molecule has 0 unspecified atom stereocenters. The summed E-state index contributed by atoms with van der Waals surface area (Å²) in [4.78, 5) is 37.3. The van der Waals surface area contributed by atoms with E-state index in [0.717, 1.165) is 5.56 Å². The van der Waals surface area contributed by atoms with Gasteiger partial charge in [0, 0.05) is 24.2 Å². The van der Waals surface area contributed by atoms with Crippen molar-refractivity contribution in [3.05, 3.63) is 35.4 Å². The molecule has 2 rings (SSSR count). The summed E-state index contributed by atoms with van der Waals surface area (Å²) in [6.45, 7) is 0.882. The first-order valence-corrected chi connectivity index (χ1v) is 10.1. The minimum atomic E-state index is -0.417. The van der Waals surface area contributed by atoms with Crippen molar-refractivity contribution >= 4 is 34.6 Å². The lowest BCUT2D eigenvalue weighted by atomic mass is 10.1. The second kappa shape index (κ2) is 10.8. The summed E-state index contributed by atoms with van der Waals surface area (Å²) in [6.07, 6.45) is 3.03. The van der Waals surface area contributed by atoms with E-state index < -0.39 is 5.97 Å². The van der Waals surface area contributed by atoms with Gasteiger partial charge in [0.25, 0.3) is 5.91 Å². The highest BCUT2D eigenvalue weighted by Gasteiger charge is 2.24. The minimum Gasteiger partial charge on any atom is -0.467 e. The molecule has 8 nitrogen and oxygen atoms in total. The molecule has 0 saturated carbocycles. The van der Waals surface area contributed by atoms with Gasteiger partial charge < -0.3 is 19.7 Å². The van der Waals surface area contributed by atoms with E-state index in [1.807, 2.05) is 6.26 Å². The summed E-state index contributed by atoms with van der Waals surface area (Å²) in [5, 5.41) is 10.8. The lowest BCUT2D eigenvalue weighted by molar-refractivity contribution is -0.150. The fraction of sp³-hybridized carbons (Fsp3) is 0.474. The monoisotopic (exact) mass is 407 g/mol. The summed E-state index contributed by atoms with van der Waals surface area (Å²) < 4.78 is 9.99. The number of piperidine rings is 1. The molecule has 0 radical (unpaired) electrons. The number of carbonyl (C=O) groups excluding carboxylic acids is 3. The van der Waals surface area contributed by atoms with Crippen LogP contribution in [0, 0.1) is 5.41 Å². The Kier molecular flexibility index (Phi) is 8.46. The Labute approximate surface area is 168 Å². The molecule has 152 valence electrons. The molecule has 1 aromatic carbocycles.